The first-order valence-corrected chi connectivity index (χ1v) is 8.96. The minimum atomic E-state index is -0.123. The van der Waals surface area contributed by atoms with E-state index in [0.717, 1.165) is 12.1 Å². The summed E-state index contributed by atoms with van der Waals surface area (Å²) in [5, 5.41) is 0. The summed E-state index contributed by atoms with van der Waals surface area (Å²) in [4.78, 5) is 39.5. The summed E-state index contributed by atoms with van der Waals surface area (Å²) in [5.41, 5.74) is 1.88. The first-order valence-electron chi connectivity index (χ1n) is 8.96. The predicted molar refractivity (Wildman–Crippen MR) is 103 cm³/mol. The van der Waals surface area contributed by atoms with Crippen LogP contribution in [-0.4, -0.2) is 77.4 Å². The zero-order valence-electron chi connectivity index (χ0n) is 16.5. The molecule has 0 radical (unpaired) electrons. The molecule has 0 saturated carbocycles. The molecule has 0 aromatic carbocycles. The summed E-state index contributed by atoms with van der Waals surface area (Å²) in [7, 11) is 9.03. The highest BCUT2D eigenvalue weighted by molar-refractivity contribution is 5.95. The Morgan fingerprint density at radius 2 is 1.96 bits per heavy atom. The van der Waals surface area contributed by atoms with Crippen molar-refractivity contribution in [3.05, 3.63) is 41.5 Å². The molecule has 8 nitrogen and oxygen atoms in total. The highest BCUT2D eigenvalue weighted by atomic mass is 16.2. The van der Waals surface area contributed by atoms with Crippen LogP contribution in [0, 0.1) is 0 Å². The number of carbonyl (C=O) groups is 2. The minimum Gasteiger partial charge on any atom is -0.347 e. The average molecular weight is 370 g/mol. The second-order valence-corrected chi connectivity index (χ2v) is 7.30. The summed E-state index contributed by atoms with van der Waals surface area (Å²) in [6, 6.07) is 3.69. The second-order valence-electron chi connectivity index (χ2n) is 7.30. The van der Waals surface area contributed by atoms with E-state index in [9.17, 15) is 9.59 Å². The highest BCUT2D eigenvalue weighted by Crippen LogP contribution is 2.30. The molecule has 1 aliphatic heterocycles. The molecule has 1 saturated heterocycles. The van der Waals surface area contributed by atoms with Gasteiger partial charge in [0, 0.05) is 66.6 Å². The van der Waals surface area contributed by atoms with Crippen molar-refractivity contribution in [2.75, 3.05) is 46.2 Å². The van der Waals surface area contributed by atoms with Gasteiger partial charge in [-0.3, -0.25) is 9.59 Å². The smallest absolute Gasteiger partial charge is 0.270 e. The van der Waals surface area contributed by atoms with Gasteiger partial charge in [0.05, 0.1) is 11.3 Å². The Labute approximate surface area is 159 Å². The molecule has 2 amide bonds. The number of hydrogen-bond donors (Lipinski definition) is 0. The fraction of sp³-hybridized carbons (Fsp3) is 0.474. The molecule has 2 aromatic rings. The Hall–Kier alpha value is -2.90. The Morgan fingerprint density at radius 3 is 2.56 bits per heavy atom. The van der Waals surface area contributed by atoms with E-state index in [-0.39, 0.29) is 17.7 Å². The Kier molecular flexibility index (Phi) is 5.16. The van der Waals surface area contributed by atoms with Crippen LogP contribution in [0.15, 0.2) is 24.5 Å². The lowest BCUT2D eigenvalue weighted by atomic mass is 9.99. The third-order valence-corrected chi connectivity index (χ3v) is 4.87. The van der Waals surface area contributed by atoms with Crippen molar-refractivity contribution in [3.63, 3.8) is 0 Å². The number of aromatic nitrogens is 3. The van der Waals surface area contributed by atoms with Crippen molar-refractivity contribution in [1.82, 2.24) is 24.3 Å². The van der Waals surface area contributed by atoms with Gasteiger partial charge < -0.3 is 19.3 Å². The van der Waals surface area contributed by atoms with Gasteiger partial charge in [-0.2, -0.15) is 0 Å². The molecular weight excluding hydrogens is 344 g/mol. The predicted octanol–water partition coefficient (Wildman–Crippen LogP) is 1.21. The number of carbonyl (C=O) groups excluding carboxylic acids is 2. The van der Waals surface area contributed by atoms with E-state index in [4.69, 9.17) is 0 Å². The summed E-state index contributed by atoms with van der Waals surface area (Å²) in [5.74, 6) is 0.456. The highest BCUT2D eigenvalue weighted by Gasteiger charge is 2.33. The van der Waals surface area contributed by atoms with Gasteiger partial charge in [0.15, 0.2) is 0 Å². The van der Waals surface area contributed by atoms with Gasteiger partial charge in [-0.15, -0.1) is 0 Å². The summed E-state index contributed by atoms with van der Waals surface area (Å²) < 4.78 is 1.82. The number of nitrogens with zero attached hydrogens (tertiary/aromatic N) is 6. The van der Waals surface area contributed by atoms with Gasteiger partial charge in [-0.05, 0) is 18.6 Å². The normalized spacial score (nSPS) is 16.5. The molecule has 1 aliphatic rings. The quantitative estimate of drug-likeness (QED) is 0.809. The van der Waals surface area contributed by atoms with Crippen LogP contribution in [0.1, 0.15) is 38.9 Å². The summed E-state index contributed by atoms with van der Waals surface area (Å²) in [6.45, 7) is 1.19. The molecule has 1 fully saturated rings. The van der Waals surface area contributed by atoms with E-state index in [0.29, 0.717) is 30.3 Å². The van der Waals surface area contributed by atoms with Gasteiger partial charge in [0.1, 0.15) is 5.69 Å². The molecule has 3 rings (SSSR count). The van der Waals surface area contributed by atoms with Crippen molar-refractivity contribution < 1.29 is 9.59 Å². The lowest BCUT2D eigenvalue weighted by Crippen LogP contribution is -2.30. The monoisotopic (exact) mass is 370 g/mol. The number of likely N-dealkylation sites (tertiary alicyclic amines) is 1. The van der Waals surface area contributed by atoms with E-state index in [2.05, 4.69) is 9.97 Å². The molecule has 2 aromatic heterocycles. The average Bonchev–Trinajstić information content (AvgIpc) is 3.29. The van der Waals surface area contributed by atoms with Gasteiger partial charge in [-0.25, -0.2) is 9.97 Å². The Bertz CT molecular complexity index is 858. The lowest BCUT2D eigenvalue weighted by molar-refractivity contribution is 0.0781. The topological polar surface area (TPSA) is 74.6 Å². The fourth-order valence-electron chi connectivity index (χ4n) is 3.33. The molecule has 0 bridgehead atoms. The van der Waals surface area contributed by atoms with E-state index < -0.39 is 0 Å². The van der Waals surface area contributed by atoms with Crippen LogP contribution in [0.3, 0.4) is 0 Å². The first kappa shape index (κ1) is 18.9. The second kappa shape index (κ2) is 7.38. The molecule has 8 heteroatoms. The van der Waals surface area contributed by atoms with Crippen LogP contribution in [0.25, 0.3) is 0 Å². The number of rotatable bonds is 4. The van der Waals surface area contributed by atoms with Gasteiger partial charge in [0.25, 0.3) is 11.8 Å². The molecular formula is C19H26N6O2. The molecule has 3 heterocycles. The first-order chi connectivity index (χ1) is 12.8. The fourth-order valence-corrected chi connectivity index (χ4v) is 3.33. The van der Waals surface area contributed by atoms with Crippen molar-refractivity contribution in [1.29, 1.82) is 0 Å². The van der Waals surface area contributed by atoms with Crippen LogP contribution in [0.5, 0.6) is 0 Å². The van der Waals surface area contributed by atoms with Crippen LogP contribution in [-0.2, 0) is 7.05 Å². The zero-order chi connectivity index (χ0) is 19.7. The van der Waals surface area contributed by atoms with Crippen LogP contribution >= 0.6 is 0 Å². The zero-order valence-corrected chi connectivity index (χ0v) is 16.5. The standard InChI is InChI=1S/C19H26N6O2/c1-22(2)17(26)14-11-20-19(23(3)4)21-16(14)13-8-10-25(12-13)18(27)15-7-6-9-24(15)5/h6-7,9,11,13H,8,10,12H2,1-5H3. The van der Waals surface area contributed by atoms with E-state index in [1.807, 2.05) is 53.8 Å². The van der Waals surface area contributed by atoms with Crippen molar-refractivity contribution in [2.24, 2.45) is 7.05 Å². The molecule has 27 heavy (non-hydrogen) atoms. The molecule has 144 valence electrons. The molecule has 0 spiro atoms. The van der Waals surface area contributed by atoms with E-state index in [1.54, 1.807) is 20.3 Å². The third kappa shape index (κ3) is 3.65. The molecule has 0 N–H and O–H groups in total. The molecule has 1 unspecified atom stereocenters. The Balaban J connectivity index is 1.89. The number of aryl methyl sites for hydroxylation is 1. The summed E-state index contributed by atoms with van der Waals surface area (Å²) in [6.07, 6.45) is 4.23. The van der Waals surface area contributed by atoms with Crippen molar-refractivity contribution >= 4 is 17.8 Å². The van der Waals surface area contributed by atoms with E-state index >= 15 is 0 Å². The Morgan fingerprint density at radius 1 is 1.22 bits per heavy atom. The maximum atomic E-state index is 12.8. The van der Waals surface area contributed by atoms with Gasteiger partial charge in [-0.1, -0.05) is 0 Å². The van der Waals surface area contributed by atoms with Gasteiger partial charge in [0.2, 0.25) is 5.95 Å². The van der Waals surface area contributed by atoms with Gasteiger partial charge >= 0.3 is 0 Å². The number of anilines is 1. The van der Waals surface area contributed by atoms with Crippen molar-refractivity contribution in [3.8, 4) is 0 Å². The van der Waals surface area contributed by atoms with Crippen molar-refractivity contribution in [2.45, 2.75) is 12.3 Å². The third-order valence-electron chi connectivity index (χ3n) is 4.87. The number of hydrogen-bond acceptors (Lipinski definition) is 5. The number of amides is 2. The largest absolute Gasteiger partial charge is 0.347 e. The van der Waals surface area contributed by atoms with Crippen LogP contribution < -0.4 is 4.90 Å². The SMILES string of the molecule is CN(C)C(=O)c1cnc(N(C)C)nc1C1CCN(C(=O)c2cccn2C)C1. The maximum Gasteiger partial charge on any atom is 0.270 e. The molecule has 0 aliphatic carbocycles. The minimum absolute atomic E-state index is 0.00683. The van der Waals surface area contributed by atoms with Crippen LogP contribution in [0.4, 0.5) is 5.95 Å². The maximum absolute atomic E-state index is 12.8. The van der Waals surface area contributed by atoms with E-state index in [1.165, 1.54) is 4.90 Å². The summed E-state index contributed by atoms with van der Waals surface area (Å²) >= 11 is 0. The van der Waals surface area contributed by atoms with Crippen LogP contribution in [0.2, 0.25) is 0 Å². The molecule has 1 atom stereocenters. The lowest BCUT2D eigenvalue weighted by Gasteiger charge is -2.20.